The van der Waals surface area contributed by atoms with E-state index in [0.717, 1.165) is 16.7 Å². The highest BCUT2D eigenvalue weighted by atomic mass is 16.4. The minimum absolute atomic E-state index is 0.324. The van der Waals surface area contributed by atoms with Crippen LogP contribution in [0, 0.1) is 6.92 Å². The Hall–Kier alpha value is -2.29. The maximum atomic E-state index is 11.0. The van der Waals surface area contributed by atoms with Crippen LogP contribution >= 0.6 is 0 Å². The van der Waals surface area contributed by atoms with Gasteiger partial charge in [-0.15, -0.1) is 0 Å². The van der Waals surface area contributed by atoms with Crippen LogP contribution in [-0.2, 0) is 0 Å². The summed E-state index contributed by atoms with van der Waals surface area (Å²) in [5, 5.41) is 9.07. The van der Waals surface area contributed by atoms with Crippen LogP contribution in [0.3, 0.4) is 0 Å². The molecule has 2 aromatic rings. The zero-order valence-corrected chi connectivity index (χ0v) is 9.47. The van der Waals surface area contributed by atoms with E-state index in [9.17, 15) is 4.79 Å². The number of hydrogen-bond donors (Lipinski definition) is 2. The van der Waals surface area contributed by atoms with Crippen molar-refractivity contribution in [3.8, 4) is 11.1 Å². The number of nitrogens with two attached hydrogens (primary N) is 1. The summed E-state index contributed by atoms with van der Waals surface area (Å²) in [6.07, 6.45) is 0. The number of aromatic carboxylic acids is 1. The predicted octanol–water partition coefficient (Wildman–Crippen LogP) is 2.94. The van der Waals surface area contributed by atoms with Gasteiger partial charge in [-0.25, -0.2) is 4.79 Å². The van der Waals surface area contributed by atoms with Gasteiger partial charge in [0.2, 0.25) is 0 Å². The van der Waals surface area contributed by atoms with E-state index in [0.29, 0.717) is 11.3 Å². The van der Waals surface area contributed by atoms with Crippen molar-refractivity contribution in [2.45, 2.75) is 6.92 Å². The summed E-state index contributed by atoms with van der Waals surface area (Å²) in [6.45, 7) is 1.81. The van der Waals surface area contributed by atoms with Crippen LogP contribution in [0.4, 0.5) is 5.69 Å². The third kappa shape index (κ3) is 2.13. The molecule has 17 heavy (non-hydrogen) atoms. The first-order valence-electron chi connectivity index (χ1n) is 5.28. The molecule has 0 aliphatic carbocycles. The lowest BCUT2D eigenvalue weighted by Gasteiger charge is -2.09. The highest BCUT2D eigenvalue weighted by Gasteiger charge is 2.10. The number of carbonyl (C=O) groups is 1. The molecule has 0 aliphatic rings. The molecule has 3 heteroatoms. The van der Waals surface area contributed by atoms with Gasteiger partial charge in [-0.2, -0.15) is 0 Å². The molecule has 0 radical (unpaired) electrons. The van der Waals surface area contributed by atoms with Crippen LogP contribution in [0.1, 0.15) is 15.9 Å². The van der Waals surface area contributed by atoms with Gasteiger partial charge in [0.1, 0.15) is 0 Å². The van der Waals surface area contributed by atoms with E-state index < -0.39 is 5.97 Å². The van der Waals surface area contributed by atoms with Crippen molar-refractivity contribution in [1.82, 2.24) is 0 Å². The van der Waals surface area contributed by atoms with E-state index in [1.54, 1.807) is 18.2 Å². The number of benzene rings is 2. The molecule has 0 aliphatic heterocycles. The van der Waals surface area contributed by atoms with Crippen molar-refractivity contribution in [3.63, 3.8) is 0 Å². The summed E-state index contributed by atoms with van der Waals surface area (Å²) in [7, 11) is 0. The molecule has 0 saturated carbocycles. The molecule has 0 fully saturated rings. The normalized spacial score (nSPS) is 10.2. The molecule has 0 amide bonds. The standard InChI is InChI=1S/C14H13NO2/c1-9-12(6-3-7-13(9)14(16)17)10-4-2-5-11(15)8-10/h2-8H,15H2,1H3,(H,16,17). The topological polar surface area (TPSA) is 63.3 Å². The molecule has 3 nitrogen and oxygen atoms in total. The summed E-state index contributed by atoms with van der Waals surface area (Å²) in [5.74, 6) is -0.909. The van der Waals surface area contributed by atoms with Crippen LogP contribution < -0.4 is 5.73 Å². The number of nitrogen functional groups attached to an aromatic ring is 1. The second-order valence-corrected chi connectivity index (χ2v) is 3.91. The number of hydrogen-bond acceptors (Lipinski definition) is 2. The van der Waals surface area contributed by atoms with Crippen LogP contribution in [0.25, 0.3) is 11.1 Å². The Morgan fingerprint density at radius 1 is 1.18 bits per heavy atom. The van der Waals surface area contributed by atoms with Crippen molar-refractivity contribution in [2.75, 3.05) is 5.73 Å². The van der Waals surface area contributed by atoms with Crippen LogP contribution in [0.5, 0.6) is 0 Å². The third-order valence-electron chi connectivity index (χ3n) is 2.76. The Morgan fingerprint density at radius 3 is 2.53 bits per heavy atom. The van der Waals surface area contributed by atoms with Gasteiger partial charge < -0.3 is 10.8 Å². The molecule has 0 saturated heterocycles. The number of carboxylic acid groups (broad SMARTS) is 1. The first-order valence-corrected chi connectivity index (χ1v) is 5.28. The van der Waals surface area contributed by atoms with Gasteiger partial charge in [-0.05, 0) is 41.8 Å². The van der Waals surface area contributed by atoms with Crippen molar-refractivity contribution >= 4 is 11.7 Å². The maximum absolute atomic E-state index is 11.0. The molecule has 2 rings (SSSR count). The predicted molar refractivity (Wildman–Crippen MR) is 68.0 cm³/mol. The lowest BCUT2D eigenvalue weighted by Crippen LogP contribution is -2.00. The van der Waals surface area contributed by atoms with Crippen LogP contribution in [-0.4, -0.2) is 11.1 Å². The third-order valence-corrected chi connectivity index (χ3v) is 2.76. The van der Waals surface area contributed by atoms with Crippen molar-refractivity contribution in [1.29, 1.82) is 0 Å². The maximum Gasteiger partial charge on any atom is 0.335 e. The molecule has 0 aromatic heterocycles. The zero-order valence-electron chi connectivity index (χ0n) is 9.47. The fourth-order valence-corrected chi connectivity index (χ4v) is 1.89. The molecule has 3 N–H and O–H groups in total. The van der Waals surface area contributed by atoms with Crippen LogP contribution in [0.2, 0.25) is 0 Å². The minimum Gasteiger partial charge on any atom is -0.478 e. The summed E-state index contributed by atoms with van der Waals surface area (Å²) in [5.41, 5.74) is 9.31. The first kappa shape index (κ1) is 11.2. The average molecular weight is 227 g/mol. The molecule has 0 bridgehead atoms. The summed E-state index contributed by atoms with van der Waals surface area (Å²) in [6, 6.07) is 12.7. The lowest BCUT2D eigenvalue weighted by atomic mass is 9.96. The van der Waals surface area contributed by atoms with E-state index in [1.807, 2.05) is 31.2 Å². The summed E-state index contributed by atoms with van der Waals surface area (Å²) in [4.78, 5) is 11.0. The van der Waals surface area contributed by atoms with Gasteiger partial charge in [0.25, 0.3) is 0 Å². The highest BCUT2D eigenvalue weighted by molar-refractivity contribution is 5.92. The van der Waals surface area contributed by atoms with Gasteiger partial charge in [-0.1, -0.05) is 24.3 Å². The summed E-state index contributed by atoms with van der Waals surface area (Å²) >= 11 is 0. The molecule has 0 atom stereocenters. The molecule has 86 valence electrons. The first-order chi connectivity index (χ1) is 8.09. The number of rotatable bonds is 2. The SMILES string of the molecule is Cc1c(C(=O)O)cccc1-c1cccc(N)c1. The van der Waals surface area contributed by atoms with E-state index in [-0.39, 0.29) is 0 Å². The molecule has 0 heterocycles. The lowest BCUT2D eigenvalue weighted by molar-refractivity contribution is 0.0696. The summed E-state index contributed by atoms with van der Waals surface area (Å²) < 4.78 is 0. The van der Waals surface area contributed by atoms with E-state index in [2.05, 4.69) is 0 Å². The fraction of sp³-hybridized carbons (Fsp3) is 0.0714. The van der Waals surface area contributed by atoms with E-state index in [4.69, 9.17) is 10.8 Å². The van der Waals surface area contributed by atoms with Gasteiger partial charge >= 0.3 is 5.97 Å². The molecular formula is C14H13NO2. The number of anilines is 1. The van der Waals surface area contributed by atoms with Gasteiger partial charge in [-0.3, -0.25) is 0 Å². The zero-order chi connectivity index (χ0) is 12.4. The molecule has 2 aromatic carbocycles. The number of carboxylic acids is 1. The van der Waals surface area contributed by atoms with Gasteiger partial charge in [0.15, 0.2) is 0 Å². The monoisotopic (exact) mass is 227 g/mol. The minimum atomic E-state index is -0.909. The Bertz CT molecular complexity index is 576. The van der Waals surface area contributed by atoms with E-state index in [1.165, 1.54) is 0 Å². The molecule has 0 spiro atoms. The fourth-order valence-electron chi connectivity index (χ4n) is 1.89. The molecule has 0 unspecified atom stereocenters. The van der Waals surface area contributed by atoms with E-state index >= 15 is 0 Å². The van der Waals surface area contributed by atoms with Gasteiger partial charge in [0.05, 0.1) is 5.56 Å². The van der Waals surface area contributed by atoms with Crippen molar-refractivity contribution < 1.29 is 9.90 Å². The Kier molecular flexibility index (Phi) is 2.83. The Labute approximate surface area is 99.5 Å². The largest absolute Gasteiger partial charge is 0.478 e. The Balaban J connectivity index is 2.60. The molecular weight excluding hydrogens is 214 g/mol. The highest BCUT2D eigenvalue weighted by Crippen LogP contribution is 2.26. The van der Waals surface area contributed by atoms with Gasteiger partial charge in [0, 0.05) is 5.69 Å². The average Bonchev–Trinajstić information content (AvgIpc) is 2.29. The smallest absolute Gasteiger partial charge is 0.335 e. The Morgan fingerprint density at radius 2 is 1.88 bits per heavy atom. The quantitative estimate of drug-likeness (QED) is 0.775. The van der Waals surface area contributed by atoms with Crippen LogP contribution in [0.15, 0.2) is 42.5 Å². The van der Waals surface area contributed by atoms with Crippen molar-refractivity contribution in [3.05, 3.63) is 53.6 Å². The van der Waals surface area contributed by atoms with Crippen molar-refractivity contribution in [2.24, 2.45) is 0 Å². The second-order valence-electron chi connectivity index (χ2n) is 3.91. The second kappa shape index (κ2) is 4.29.